The van der Waals surface area contributed by atoms with Gasteiger partial charge in [0.1, 0.15) is 5.78 Å². The highest BCUT2D eigenvalue weighted by Crippen LogP contribution is 2.48. The van der Waals surface area contributed by atoms with Crippen LogP contribution in [-0.2, 0) is 19.4 Å². The zero-order chi connectivity index (χ0) is 12.0. The number of carboxylic acid groups (broad SMARTS) is 1. The smallest absolute Gasteiger partial charge is 0.310 e. The molecular formula is C10H14O5S. The lowest BCUT2D eigenvalue weighted by Gasteiger charge is -2.44. The third-order valence-electron chi connectivity index (χ3n) is 3.70. The summed E-state index contributed by atoms with van der Waals surface area (Å²) >= 11 is 0. The Morgan fingerprint density at radius 3 is 2.44 bits per heavy atom. The van der Waals surface area contributed by atoms with E-state index >= 15 is 0 Å². The number of carbonyl (C=O) groups excluding carboxylic acids is 1. The van der Waals surface area contributed by atoms with Crippen molar-refractivity contribution in [1.82, 2.24) is 0 Å². The van der Waals surface area contributed by atoms with Crippen LogP contribution in [0.3, 0.4) is 0 Å². The molecule has 16 heavy (non-hydrogen) atoms. The van der Waals surface area contributed by atoms with E-state index in [4.69, 9.17) is 0 Å². The van der Waals surface area contributed by atoms with Crippen molar-refractivity contribution >= 4 is 21.6 Å². The Kier molecular flexibility index (Phi) is 2.57. The molecule has 0 aromatic heterocycles. The molecular weight excluding hydrogens is 232 g/mol. The summed E-state index contributed by atoms with van der Waals surface area (Å²) in [6.45, 7) is 0. The van der Waals surface area contributed by atoms with Gasteiger partial charge in [-0.1, -0.05) is 0 Å². The van der Waals surface area contributed by atoms with Crippen molar-refractivity contribution in [2.75, 3.05) is 11.5 Å². The van der Waals surface area contributed by atoms with E-state index < -0.39 is 21.2 Å². The topological polar surface area (TPSA) is 88.5 Å². The average Bonchev–Trinajstić information content (AvgIpc) is 2.10. The first-order chi connectivity index (χ1) is 7.36. The summed E-state index contributed by atoms with van der Waals surface area (Å²) in [6, 6.07) is 0. The number of carbonyl (C=O) groups is 2. The standard InChI is InChI=1S/C10H14O5S/c11-8-4-10(5-8,9(12)13)7-2-1-3-16(14,15)6-7/h7H,1-6H2,(H,12,13). The van der Waals surface area contributed by atoms with Gasteiger partial charge in [-0.2, -0.15) is 0 Å². The van der Waals surface area contributed by atoms with Gasteiger partial charge in [0.15, 0.2) is 9.84 Å². The third-order valence-corrected chi connectivity index (χ3v) is 5.52. The third kappa shape index (κ3) is 1.75. The summed E-state index contributed by atoms with van der Waals surface area (Å²) in [7, 11) is -3.12. The Labute approximate surface area is 93.8 Å². The second-order valence-corrected chi connectivity index (χ2v) is 7.04. The second kappa shape index (κ2) is 3.55. The number of Topliss-reactive ketones (excluding diaryl/α,β-unsaturated/α-hetero) is 1. The van der Waals surface area contributed by atoms with Gasteiger partial charge in [0, 0.05) is 12.8 Å². The van der Waals surface area contributed by atoms with Crippen LogP contribution < -0.4 is 0 Å². The zero-order valence-corrected chi connectivity index (χ0v) is 9.62. The van der Waals surface area contributed by atoms with Crippen LogP contribution in [0, 0.1) is 11.3 Å². The molecule has 1 aliphatic heterocycles. The molecule has 0 aromatic carbocycles. The van der Waals surface area contributed by atoms with Gasteiger partial charge in [0.2, 0.25) is 0 Å². The van der Waals surface area contributed by atoms with Crippen molar-refractivity contribution in [3.05, 3.63) is 0 Å². The van der Waals surface area contributed by atoms with Crippen LogP contribution in [0.1, 0.15) is 25.7 Å². The van der Waals surface area contributed by atoms with Gasteiger partial charge in [0.05, 0.1) is 16.9 Å². The summed E-state index contributed by atoms with van der Waals surface area (Å²) in [6.07, 6.45) is 1.11. The first-order valence-corrected chi connectivity index (χ1v) is 7.13. The SMILES string of the molecule is O=C1CC(C(=O)O)(C2CCCS(=O)(=O)C2)C1. The molecule has 1 aliphatic carbocycles. The lowest BCUT2D eigenvalue weighted by molar-refractivity contribution is -0.165. The summed E-state index contributed by atoms with van der Waals surface area (Å²) < 4.78 is 22.9. The summed E-state index contributed by atoms with van der Waals surface area (Å²) in [4.78, 5) is 22.2. The monoisotopic (exact) mass is 246 g/mol. The molecule has 1 saturated heterocycles. The number of sulfone groups is 1. The van der Waals surface area contributed by atoms with E-state index in [1.165, 1.54) is 0 Å². The van der Waals surface area contributed by atoms with Gasteiger partial charge in [-0.25, -0.2) is 8.42 Å². The van der Waals surface area contributed by atoms with E-state index in [-0.39, 0.29) is 36.0 Å². The maximum atomic E-state index is 11.5. The van der Waals surface area contributed by atoms with Crippen molar-refractivity contribution in [2.45, 2.75) is 25.7 Å². The molecule has 0 bridgehead atoms. The molecule has 0 spiro atoms. The van der Waals surface area contributed by atoms with Crippen LogP contribution in [0.25, 0.3) is 0 Å². The molecule has 0 radical (unpaired) electrons. The Hall–Kier alpha value is -0.910. The molecule has 1 atom stereocenters. The fraction of sp³-hybridized carbons (Fsp3) is 0.800. The molecule has 2 aliphatic rings. The first kappa shape index (κ1) is 11.6. The largest absolute Gasteiger partial charge is 0.481 e. The molecule has 0 aromatic rings. The summed E-state index contributed by atoms with van der Waals surface area (Å²) in [5.74, 6) is -1.42. The van der Waals surface area contributed by atoms with E-state index in [1.54, 1.807) is 0 Å². The van der Waals surface area contributed by atoms with Crippen LogP contribution >= 0.6 is 0 Å². The number of aliphatic carboxylic acids is 1. The lowest BCUT2D eigenvalue weighted by Crippen LogP contribution is -2.52. The zero-order valence-electron chi connectivity index (χ0n) is 8.81. The van der Waals surface area contributed by atoms with Crippen molar-refractivity contribution in [3.63, 3.8) is 0 Å². The Morgan fingerprint density at radius 2 is 2.00 bits per heavy atom. The first-order valence-electron chi connectivity index (χ1n) is 5.31. The fourth-order valence-electron chi connectivity index (χ4n) is 2.73. The number of hydrogen-bond acceptors (Lipinski definition) is 4. The van der Waals surface area contributed by atoms with Gasteiger partial charge >= 0.3 is 5.97 Å². The van der Waals surface area contributed by atoms with Gasteiger partial charge < -0.3 is 5.11 Å². The summed E-state index contributed by atoms with van der Waals surface area (Å²) in [5, 5.41) is 9.18. The quantitative estimate of drug-likeness (QED) is 0.754. The van der Waals surface area contributed by atoms with Crippen LogP contribution in [0.2, 0.25) is 0 Å². The van der Waals surface area contributed by atoms with E-state index in [1.807, 2.05) is 0 Å². The minimum absolute atomic E-state index is 0.00250. The van der Waals surface area contributed by atoms with E-state index in [9.17, 15) is 23.1 Å². The maximum absolute atomic E-state index is 11.5. The van der Waals surface area contributed by atoms with Crippen molar-refractivity contribution < 1.29 is 23.1 Å². The highest BCUT2D eigenvalue weighted by molar-refractivity contribution is 7.91. The van der Waals surface area contributed by atoms with Crippen LogP contribution in [0.15, 0.2) is 0 Å². The predicted molar refractivity (Wildman–Crippen MR) is 55.7 cm³/mol. The molecule has 0 amide bonds. The van der Waals surface area contributed by atoms with Crippen molar-refractivity contribution in [2.24, 2.45) is 11.3 Å². The highest BCUT2D eigenvalue weighted by Gasteiger charge is 2.56. The molecule has 1 saturated carbocycles. The van der Waals surface area contributed by atoms with Crippen LogP contribution in [-0.4, -0.2) is 36.8 Å². The minimum Gasteiger partial charge on any atom is -0.481 e. The Balaban J connectivity index is 2.22. The normalized spacial score (nSPS) is 31.8. The molecule has 2 fully saturated rings. The molecule has 90 valence electrons. The number of hydrogen-bond donors (Lipinski definition) is 1. The Morgan fingerprint density at radius 1 is 1.38 bits per heavy atom. The molecule has 1 N–H and O–H groups in total. The van der Waals surface area contributed by atoms with E-state index in [0.717, 1.165) is 0 Å². The lowest BCUT2D eigenvalue weighted by atomic mass is 9.59. The molecule has 1 unspecified atom stereocenters. The number of rotatable bonds is 2. The van der Waals surface area contributed by atoms with E-state index in [0.29, 0.717) is 12.8 Å². The molecule has 6 heteroatoms. The van der Waals surface area contributed by atoms with Gasteiger partial charge in [-0.05, 0) is 18.8 Å². The number of carboxylic acids is 1. The Bertz CT molecular complexity index is 428. The highest BCUT2D eigenvalue weighted by atomic mass is 32.2. The predicted octanol–water partition coefficient (Wildman–Crippen LogP) is 0.245. The van der Waals surface area contributed by atoms with Gasteiger partial charge in [-0.15, -0.1) is 0 Å². The summed E-state index contributed by atoms with van der Waals surface area (Å²) in [5.41, 5.74) is -1.09. The molecule has 5 nitrogen and oxygen atoms in total. The average molecular weight is 246 g/mol. The van der Waals surface area contributed by atoms with Gasteiger partial charge in [0.25, 0.3) is 0 Å². The van der Waals surface area contributed by atoms with Crippen LogP contribution in [0.5, 0.6) is 0 Å². The maximum Gasteiger partial charge on any atom is 0.310 e. The second-order valence-electron chi connectivity index (χ2n) is 4.81. The van der Waals surface area contributed by atoms with Crippen LogP contribution in [0.4, 0.5) is 0 Å². The fourth-order valence-corrected chi connectivity index (χ4v) is 4.60. The molecule has 1 heterocycles. The van der Waals surface area contributed by atoms with E-state index in [2.05, 4.69) is 0 Å². The van der Waals surface area contributed by atoms with Crippen molar-refractivity contribution in [3.8, 4) is 0 Å². The minimum atomic E-state index is -3.12. The van der Waals surface area contributed by atoms with Gasteiger partial charge in [-0.3, -0.25) is 9.59 Å². The molecule has 2 rings (SSSR count). The van der Waals surface area contributed by atoms with Crippen molar-refractivity contribution in [1.29, 1.82) is 0 Å². The number of ketones is 1.